The predicted molar refractivity (Wildman–Crippen MR) is 123 cm³/mol. The number of nitrogens with zero attached hydrogens (tertiary/aromatic N) is 3. The lowest BCUT2D eigenvalue weighted by molar-refractivity contribution is -0.122. The van der Waals surface area contributed by atoms with Gasteiger partial charge >= 0.3 is 0 Å². The number of hydrogen-bond donors (Lipinski definition) is 1. The third-order valence-corrected chi connectivity index (χ3v) is 5.69. The summed E-state index contributed by atoms with van der Waals surface area (Å²) >= 11 is 0. The maximum atomic E-state index is 14.5. The standard InChI is InChI=1S/C25H19FN4O6/c26-18-6-2-1-5-17(18)24(33)30(28-23(32)15-4-3-9-27-14-15)19-13-22(31)29(25(19)34)16-7-8-20-21(12-16)36-11-10-35-20/h1-9,12,14,19H,10-11,13H2,(H,28,32). The number of hydrogen-bond acceptors (Lipinski definition) is 7. The van der Waals surface area contributed by atoms with Gasteiger partial charge in [-0.2, -0.15) is 0 Å². The van der Waals surface area contributed by atoms with E-state index in [4.69, 9.17) is 9.47 Å². The Morgan fingerprint density at radius 2 is 1.81 bits per heavy atom. The number of nitrogens with one attached hydrogen (secondary N) is 1. The van der Waals surface area contributed by atoms with Crippen LogP contribution in [-0.2, 0) is 9.59 Å². The lowest BCUT2D eigenvalue weighted by atomic mass is 10.1. The maximum Gasteiger partial charge on any atom is 0.276 e. The SMILES string of the molecule is O=C(NN(C(=O)c1ccccc1F)C1CC(=O)N(c2ccc3c(c2)OCCO3)C1=O)c1cccnc1. The van der Waals surface area contributed by atoms with E-state index in [1.165, 1.54) is 54.9 Å². The predicted octanol–water partition coefficient (Wildman–Crippen LogP) is 2.11. The van der Waals surface area contributed by atoms with E-state index in [2.05, 4.69) is 10.4 Å². The van der Waals surface area contributed by atoms with Crippen LogP contribution in [0.15, 0.2) is 67.0 Å². The van der Waals surface area contributed by atoms with Crippen LogP contribution in [0.3, 0.4) is 0 Å². The fourth-order valence-electron chi connectivity index (χ4n) is 3.97. The molecule has 0 aliphatic carbocycles. The minimum absolute atomic E-state index is 0.101. The second-order valence-corrected chi connectivity index (χ2v) is 7.95. The molecule has 1 atom stereocenters. The molecule has 0 spiro atoms. The van der Waals surface area contributed by atoms with E-state index in [1.54, 1.807) is 6.07 Å². The average molecular weight is 490 g/mol. The normalized spacial score (nSPS) is 16.6. The Kier molecular flexibility index (Phi) is 6.03. The Hall–Kier alpha value is -4.80. The molecule has 2 aromatic carbocycles. The van der Waals surface area contributed by atoms with Crippen molar-refractivity contribution < 1.29 is 33.0 Å². The Morgan fingerprint density at radius 3 is 2.56 bits per heavy atom. The number of hydrazine groups is 1. The van der Waals surface area contributed by atoms with Crippen molar-refractivity contribution in [2.24, 2.45) is 0 Å². The first-order valence-corrected chi connectivity index (χ1v) is 11.0. The smallest absolute Gasteiger partial charge is 0.276 e. The van der Waals surface area contributed by atoms with Crippen LogP contribution in [-0.4, -0.2) is 52.9 Å². The van der Waals surface area contributed by atoms with Crippen molar-refractivity contribution in [3.8, 4) is 11.5 Å². The van der Waals surface area contributed by atoms with Crippen LogP contribution >= 0.6 is 0 Å². The third kappa shape index (κ3) is 4.22. The van der Waals surface area contributed by atoms with Gasteiger partial charge in [-0.3, -0.25) is 29.6 Å². The zero-order valence-electron chi connectivity index (χ0n) is 18.7. The molecular formula is C25H19FN4O6. The number of pyridine rings is 1. The van der Waals surface area contributed by atoms with Gasteiger partial charge in [0.1, 0.15) is 25.1 Å². The molecule has 182 valence electrons. The van der Waals surface area contributed by atoms with E-state index in [0.717, 1.165) is 11.0 Å². The van der Waals surface area contributed by atoms with Crippen LogP contribution in [0.25, 0.3) is 0 Å². The van der Waals surface area contributed by atoms with E-state index in [-0.39, 0.29) is 16.8 Å². The number of carbonyl (C=O) groups is 4. The molecule has 3 heterocycles. The number of ether oxygens (including phenoxy) is 2. The number of fused-ring (bicyclic) bond motifs is 1. The molecule has 36 heavy (non-hydrogen) atoms. The topological polar surface area (TPSA) is 118 Å². The number of carbonyl (C=O) groups excluding carboxylic acids is 4. The van der Waals surface area contributed by atoms with Crippen molar-refractivity contribution in [3.63, 3.8) is 0 Å². The zero-order chi connectivity index (χ0) is 25.2. The van der Waals surface area contributed by atoms with E-state index in [0.29, 0.717) is 29.7 Å². The fraction of sp³-hybridized carbons (Fsp3) is 0.160. The van der Waals surface area contributed by atoms with Gasteiger partial charge in [0.25, 0.3) is 17.7 Å². The van der Waals surface area contributed by atoms with Gasteiger partial charge in [0.2, 0.25) is 5.91 Å². The Balaban J connectivity index is 1.48. The molecular weight excluding hydrogens is 471 g/mol. The van der Waals surface area contributed by atoms with Crippen LogP contribution in [0.4, 0.5) is 10.1 Å². The lowest BCUT2D eigenvalue weighted by Crippen LogP contribution is -2.55. The third-order valence-electron chi connectivity index (χ3n) is 5.69. The molecule has 3 aromatic rings. The zero-order valence-corrected chi connectivity index (χ0v) is 18.7. The Morgan fingerprint density at radius 1 is 1.03 bits per heavy atom. The van der Waals surface area contributed by atoms with Gasteiger partial charge in [-0.15, -0.1) is 0 Å². The summed E-state index contributed by atoms with van der Waals surface area (Å²) in [5, 5.41) is 0.700. The summed E-state index contributed by atoms with van der Waals surface area (Å²) in [5.41, 5.74) is 2.31. The second kappa shape index (κ2) is 9.45. The van der Waals surface area contributed by atoms with Gasteiger partial charge in [-0.1, -0.05) is 12.1 Å². The minimum Gasteiger partial charge on any atom is -0.486 e. The molecule has 4 amide bonds. The van der Waals surface area contributed by atoms with Crippen LogP contribution in [0.1, 0.15) is 27.1 Å². The molecule has 0 radical (unpaired) electrons. The minimum atomic E-state index is -1.42. The monoisotopic (exact) mass is 490 g/mol. The van der Waals surface area contributed by atoms with Gasteiger partial charge in [0.15, 0.2) is 11.5 Å². The van der Waals surface area contributed by atoms with Crippen molar-refractivity contribution in [2.75, 3.05) is 18.1 Å². The van der Waals surface area contributed by atoms with Crippen molar-refractivity contribution in [3.05, 3.63) is 83.9 Å². The van der Waals surface area contributed by atoms with Crippen LogP contribution in [0, 0.1) is 5.82 Å². The molecule has 2 aliphatic heterocycles. The molecule has 11 heteroatoms. The molecule has 10 nitrogen and oxygen atoms in total. The summed E-state index contributed by atoms with van der Waals surface area (Å²) in [7, 11) is 0. The highest BCUT2D eigenvalue weighted by molar-refractivity contribution is 6.23. The van der Waals surface area contributed by atoms with Gasteiger partial charge in [0.05, 0.1) is 23.2 Å². The molecule has 2 aliphatic rings. The number of rotatable bonds is 4. The highest BCUT2D eigenvalue weighted by atomic mass is 19.1. The van der Waals surface area contributed by atoms with Crippen LogP contribution in [0.5, 0.6) is 11.5 Å². The quantitative estimate of drug-likeness (QED) is 0.440. The fourth-order valence-corrected chi connectivity index (χ4v) is 3.97. The number of imide groups is 1. The van der Waals surface area contributed by atoms with Crippen molar-refractivity contribution in [1.82, 2.24) is 15.4 Å². The Labute approximate surface area is 204 Å². The molecule has 1 fully saturated rings. The number of halogens is 1. The second-order valence-electron chi connectivity index (χ2n) is 7.95. The summed E-state index contributed by atoms with van der Waals surface area (Å²) in [6.07, 6.45) is 2.30. The van der Waals surface area contributed by atoms with Gasteiger partial charge in [-0.25, -0.2) is 14.3 Å². The highest BCUT2D eigenvalue weighted by Gasteiger charge is 2.46. The number of anilines is 1. The molecule has 1 N–H and O–H groups in total. The first kappa shape index (κ1) is 23.0. The molecule has 1 unspecified atom stereocenters. The Bertz CT molecular complexity index is 1370. The summed E-state index contributed by atoms with van der Waals surface area (Å²) in [4.78, 5) is 57.4. The average Bonchev–Trinajstić information content (AvgIpc) is 3.20. The van der Waals surface area contributed by atoms with Crippen molar-refractivity contribution >= 4 is 29.3 Å². The molecule has 0 bridgehead atoms. The number of aromatic nitrogens is 1. The van der Waals surface area contributed by atoms with E-state index >= 15 is 0 Å². The van der Waals surface area contributed by atoms with Crippen LogP contribution in [0.2, 0.25) is 0 Å². The van der Waals surface area contributed by atoms with Gasteiger partial charge in [-0.05, 0) is 36.4 Å². The van der Waals surface area contributed by atoms with Crippen LogP contribution < -0.4 is 19.8 Å². The first-order chi connectivity index (χ1) is 17.4. The van der Waals surface area contributed by atoms with Crippen molar-refractivity contribution in [2.45, 2.75) is 12.5 Å². The summed E-state index contributed by atoms with van der Waals surface area (Å²) in [6, 6.07) is 11.3. The van der Waals surface area contributed by atoms with Gasteiger partial charge in [0, 0.05) is 18.5 Å². The van der Waals surface area contributed by atoms with E-state index < -0.39 is 41.9 Å². The maximum absolute atomic E-state index is 14.5. The molecule has 1 aromatic heterocycles. The lowest BCUT2D eigenvalue weighted by Gasteiger charge is -2.28. The summed E-state index contributed by atoms with van der Waals surface area (Å²) in [6.45, 7) is 0.687. The highest BCUT2D eigenvalue weighted by Crippen LogP contribution is 2.36. The number of amides is 4. The molecule has 0 saturated carbocycles. The number of benzene rings is 2. The van der Waals surface area contributed by atoms with E-state index in [9.17, 15) is 23.6 Å². The molecule has 1 saturated heterocycles. The summed E-state index contributed by atoms with van der Waals surface area (Å²) in [5.74, 6) is -3.13. The van der Waals surface area contributed by atoms with Crippen molar-refractivity contribution in [1.29, 1.82) is 0 Å². The molecule has 5 rings (SSSR count). The van der Waals surface area contributed by atoms with Gasteiger partial charge < -0.3 is 9.47 Å². The first-order valence-electron chi connectivity index (χ1n) is 11.0. The van der Waals surface area contributed by atoms with E-state index in [1.807, 2.05) is 0 Å². The summed E-state index contributed by atoms with van der Waals surface area (Å²) < 4.78 is 25.5. The largest absolute Gasteiger partial charge is 0.486 e.